The van der Waals surface area contributed by atoms with Gasteiger partial charge in [0, 0.05) is 6.61 Å². The topological polar surface area (TPSA) is 44.1 Å². The molecule has 2 rings (SSSR count). The molecule has 0 spiro atoms. The molecule has 0 unspecified atom stereocenters. The maximum absolute atomic E-state index is 12.1. The van der Waals surface area contributed by atoms with Crippen molar-refractivity contribution < 1.29 is 4.74 Å². The molecule has 0 N–H and O–H groups in total. The maximum atomic E-state index is 12.1. The van der Waals surface area contributed by atoms with Crippen LogP contribution >= 0.6 is 11.3 Å². The first-order valence-electron chi connectivity index (χ1n) is 6.25. The fourth-order valence-corrected chi connectivity index (χ4v) is 2.68. The molecule has 0 aliphatic rings. The molecular weight excluding hydrogens is 248 g/mol. The Bertz CT molecular complexity index is 574. The Kier molecular flexibility index (Phi) is 4.49. The van der Waals surface area contributed by atoms with Gasteiger partial charge in [-0.1, -0.05) is 13.3 Å². The molecule has 0 amide bonds. The van der Waals surface area contributed by atoms with Crippen LogP contribution in [0.5, 0.6) is 0 Å². The van der Waals surface area contributed by atoms with Crippen LogP contribution in [-0.4, -0.2) is 22.8 Å². The zero-order chi connectivity index (χ0) is 13.0. The minimum absolute atomic E-state index is 0.0391. The van der Waals surface area contributed by atoms with Crippen molar-refractivity contribution in [3.63, 3.8) is 0 Å². The van der Waals surface area contributed by atoms with Crippen molar-refractivity contribution in [3.8, 4) is 0 Å². The van der Waals surface area contributed by atoms with Crippen LogP contribution in [0.2, 0.25) is 0 Å². The fraction of sp³-hybridized carbons (Fsp3) is 0.538. The van der Waals surface area contributed by atoms with Gasteiger partial charge in [0.1, 0.15) is 4.70 Å². The summed E-state index contributed by atoms with van der Waals surface area (Å²) < 4.78 is 7.83. The van der Waals surface area contributed by atoms with Gasteiger partial charge in [-0.15, -0.1) is 11.3 Å². The van der Waals surface area contributed by atoms with Gasteiger partial charge >= 0.3 is 0 Å². The molecule has 18 heavy (non-hydrogen) atoms. The summed E-state index contributed by atoms with van der Waals surface area (Å²) in [4.78, 5) is 16.5. The van der Waals surface area contributed by atoms with E-state index in [0.717, 1.165) is 35.2 Å². The largest absolute Gasteiger partial charge is 0.380 e. The molecule has 0 fully saturated rings. The van der Waals surface area contributed by atoms with Gasteiger partial charge in [0.05, 0.1) is 25.0 Å². The minimum atomic E-state index is 0.0391. The smallest absolute Gasteiger partial charge is 0.271 e. The molecule has 0 aliphatic carbocycles. The molecule has 0 saturated carbocycles. The van der Waals surface area contributed by atoms with E-state index in [1.165, 1.54) is 11.3 Å². The quantitative estimate of drug-likeness (QED) is 0.755. The van der Waals surface area contributed by atoms with Crippen molar-refractivity contribution in [1.29, 1.82) is 0 Å². The number of hydrogen-bond acceptors (Lipinski definition) is 4. The second-order valence-electron chi connectivity index (χ2n) is 4.31. The van der Waals surface area contributed by atoms with Gasteiger partial charge in [-0.3, -0.25) is 9.36 Å². The third kappa shape index (κ3) is 2.79. The molecule has 98 valence electrons. The molecule has 2 aromatic rings. The lowest BCUT2D eigenvalue weighted by Gasteiger charge is -2.06. The van der Waals surface area contributed by atoms with E-state index in [1.54, 1.807) is 10.9 Å². The molecule has 5 heteroatoms. The van der Waals surface area contributed by atoms with Gasteiger partial charge in [-0.25, -0.2) is 4.98 Å². The minimum Gasteiger partial charge on any atom is -0.380 e. The Labute approximate surface area is 110 Å². The predicted octanol–water partition coefficient (Wildman–Crippen LogP) is 2.58. The lowest BCUT2D eigenvalue weighted by Crippen LogP contribution is -2.22. The first-order valence-corrected chi connectivity index (χ1v) is 7.13. The highest BCUT2D eigenvalue weighted by Crippen LogP contribution is 2.19. The van der Waals surface area contributed by atoms with E-state index in [9.17, 15) is 4.79 Å². The second-order valence-corrected chi connectivity index (χ2v) is 5.19. The number of nitrogens with zero attached hydrogens (tertiary/aromatic N) is 2. The summed E-state index contributed by atoms with van der Waals surface area (Å²) in [5.74, 6) is 0. The maximum Gasteiger partial charge on any atom is 0.271 e. The molecule has 0 atom stereocenters. The van der Waals surface area contributed by atoms with Crippen LogP contribution in [0.3, 0.4) is 0 Å². The van der Waals surface area contributed by atoms with Crippen LogP contribution in [0.1, 0.15) is 25.3 Å². The van der Waals surface area contributed by atoms with Crippen LogP contribution in [0.4, 0.5) is 0 Å². The Morgan fingerprint density at radius 2 is 2.28 bits per heavy atom. The van der Waals surface area contributed by atoms with Crippen molar-refractivity contribution in [1.82, 2.24) is 9.55 Å². The Balaban J connectivity index is 2.05. The van der Waals surface area contributed by atoms with E-state index in [-0.39, 0.29) is 5.56 Å². The standard InChI is InChI=1S/C13H18N2O2S/c1-3-4-6-17-7-5-15-9-14-11-10(2)8-18-12(11)13(15)16/h8-9H,3-7H2,1-2H3. The molecule has 0 aromatic carbocycles. The number of thiophene rings is 1. The van der Waals surface area contributed by atoms with Crippen molar-refractivity contribution in [2.24, 2.45) is 0 Å². The van der Waals surface area contributed by atoms with Crippen LogP contribution in [-0.2, 0) is 11.3 Å². The van der Waals surface area contributed by atoms with Gasteiger partial charge in [-0.05, 0) is 24.3 Å². The lowest BCUT2D eigenvalue weighted by molar-refractivity contribution is 0.123. The van der Waals surface area contributed by atoms with Gasteiger partial charge in [0.15, 0.2) is 0 Å². The van der Waals surface area contributed by atoms with E-state index < -0.39 is 0 Å². The highest BCUT2D eigenvalue weighted by Gasteiger charge is 2.07. The fourth-order valence-electron chi connectivity index (χ4n) is 1.73. The van der Waals surface area contributed by atoms with Gasteiger partial charge in [-0.2, -0.15) is 0 Å². The number of aryl methyl sites for hydroxylation is 1. The van der Waals surface area contributed by atoms with Crippen molar-refractivity contribution in [2.75, 3.05) is 13.2 Å². The summed E-state index contributed by atoms with van der Waals surface area (Å²) in [5, 5.41) is 1.97. The molecule has 2 aromatic heterocycles. The Morgan fingerprint density at radius 3 is 3.06 bits per heavy atom. The van der Waals surface area contributed by atoms with Gasteiger partial charge in [0.2, 0.25) is 0 Å². The number of hydrogen-bond donors (Lipinski definition) is 0. The highest BCUT2D eigenvalue weighted by atomic mass is 32.1. The molecule has 0 saturated heterocycles. The van der Waals surface area contributed by atoms with E-state index in [4.69, 9.17) is 4.74 Å². The van der Waals surface area contributed by atoms with E-state index in [0.29, 0.717) is 13.2 Å². The monoisotopic (exact) mass is 266 g/mol. The lowest BCUT2D eigenvalue weighted by atomic mass is 10.3. The van der Waals surface area contributed by atoms with Crippen LogP contribution in [0, 0.1) is 6.92 Å². The summed E-state index contributed by atoms with van der Waals surface area (Å²) in [5.41, 5.74) is 1.93. The number of aromatic nitrogens is 2. The Morgan fingerprint density at radius 1 is 1.44 bits per heavy atom. The molecule has 0 radical (unpaired) electrons. The SMILES string of the molecule is CCCCOCCn1cnc2c(C)csc2c1=O. The van der Waals surface area contributed by atoms with E-state index >= 15 is 0 Å². The molecule has 0 aliphatic heterocycles. The summed E-state index contributed by atoms with van der Waals surface area (Å²) in [6, 6.07) is 0. The highest BCUT2D eigenvalue weighted by molar-refractivity contribution is 7.17. The molecule has 4 nitrogen and oxygen atoms in total. The van der Waals surface area contributed by atoms with Crippen LogP contribution in [0.15, 0.2) is 16.5 Å². The van der Waals surface area contributed by atoms with Crippen molar-refractivity contribution in [3.05, 3.63) is 27.6 Å². The zero-order valence-electron chi connectivity index (χ0n) is 10.8. The average molecular weight is 266 g/mol. The summed E-state index contributed by atoms with van der Waals surface area (Å²) in [6.45, 7) is 6.01. The summed E-state index contributed by atoms with van der Waals surface area (Å²) in [7, 11) is 0. The van der Waals surface area contributed by atoms with Crippen molar-refractivity contribution >= 4 is 21.6 Å². The number of ether oxygens (including phenoxy) is 1. The van der Waals surface area contributed by atoms with E-state index in [2.05, 4.69) is 11.9 Å². The van der Waals surface area contributed by atoms with Crippen LogP contribution in [0.25, 0.3) is 10.2 Å². The van der Waals surface area contributed by atoms with Crippen LogP contribution < -0.4 is 5.56 Å². The molecule has 2 heterocycles. The molecular formula is C13H18N2O2S. The third-order valence-corrected chi connectivity index (χ3v) is 3.92. The first kappa shape index (κ1) is 13.2. The van der Waals surface area contributed by atoms with Gasteiger partial charge in [0.25, 0.3) is 5.56 Å². The number of unbranched alkanes of at least 4 members (excludes halogenated alkanes) is 1. The first-order chi connectivity index (χ1) is 8.74. The van der Waals surface area contributed by atoms with Gasteiger partial charge < -0.3 is 4.74 Å². The average Bonchev–Trinajstić information content (AvgIpc) is 2.74. The number of rotatable bonds is 6. The zero-order valence-corrected chi connectivity index (χ0v) is 11.6. The predicted molar refractivity (Wildman–Crippen MR) is 74.3 cm³/mol. The summed E-state index contributed by atoms with van der Waals surface area (Å²) in [6.07, 6.45) is 3.81. The third-order valence-electron chi connectivity index (χ3n) is 2.84. The van der Waals surface area contributed by atoms with E-state index in [1.807, 2.05) is 12.3 Å². The normalized spacial score (nSPS) is 11.2. The molecule has 0 bridgehead atoms. The summed E-state index contributed by atoms with van der Waals surface area (Å²) >= 11 is 1.47. The second kappa shape index (κ2) is 6.11. The number of fused-ring (bicyclic) bond motifs is 1. The Hall–Kier alpha value is -1.20. The van der Waals surface area contributed by atoms with Crippen molar-refractivity contribution in [2.45, 2.75) is 33.2 Å².